The van der Waals surface area contributed by atoms with Gasteiger partial charge in [0.15, 0.2) is 0 Å². The molecular formula is C2H4NNaS2. The first-order valence-electron chi connectivity index (χ1n) is 1.17. The molecule has 4 heteroatoms. The second-order valence-corrected chi connectivity index (χ2v) is 1.82. The third kappa shape index (κ3) is 8.99. The molecule has 0 saturated heterocycles. The Balaban J connectivity index is 0. The van der Waals surface area contributed by atoms with E-state index in [-0.39, 0.29) is 29.6 Å². The summed E-state index contributed by atoms with van der Waals surface area (Å²) in [6, 6.07) is 0. The van der Waals surface area contributed by atoms with E-state index in [0.717, 1.165) is 0 Å². The minimum atomic E-state index is 0. The van der Waals surface area contributed by atoms with Gasteiger partial charge in [0.2, 0.25) is 0 Å². The molecule has 0 aliphatic rings. The summed E-state index contributed by atoms with van der Waals surface area (Å²) in [5.74, 6) is 0. The summed E-state index contributed by atoms with van der Waals surface area (Å²) in [7, 11) is 0. The Morgan fingerprint density at radius 2 is 2.00 bits per heavy atom. The summed E-state index contributed by atoms with van der Waals surface area (Å²) >= 11 is 8.77. The number of hydrogen-bond acceptors (Lipinski definition) is 3. The molecule has 0 saturated carbocycles. The molecule has 1 nitrogen and oxygen atoms in total. The summed E-state index contributed by atoms with van der Waals surface area (Å²) in [6.45, 7) is 0.352. The van der Waals surface area contributed by atoms with Gasteiger partial charge in [0.1, 0.15) is 0 Å². The van der Waals surface area contributed by atoms with Crippen LogP contribution in [0.2, 0.25) is 0 Å². The molecule has 0 unspecified atom stereocenters. The van der Waals surface area contributed by atoms with E-state index < -0.39 is 0 Å². The van der Waals surface area contributed by atoms with Crippen LogP contribution in [0.4, 0.5) is 0 Å². The Morgan fingerprint density at radius 1 is 1.83 bits per heavy atom. The van der Waals surface area contributed by atoms with Crippen LogP contribution >= 0.6 is 12.2 Å². The van der Waals surface area contributed by atoms with Crippen LogP contribution in [0.25, 0.3) is 0 Å². The normalized spacial score (nSPS) is 6.17. The van der Waals surface area contributed by atoms with Gasteiger partial charge in [0, 0.05) is 0 Å². The van der Waals surface area contributed by atoms with Crippen LogP contribution in [0.1, 0.15) is 0 Å². The van der Waals surface area contributed by atoms with Crippen molar-refractivity contribution in [3.05, 3.63) is 0 Å². The van der Waals surface area contributed by atoms with E-state index in [2.05, 4.69) is 24.8 Å². The van der Waals surface area contributed by atoms with E-state index in [0.29, 0.717) is 10.7 Å². The van der Waals surface area contributed by atoms with Crippen molar-refractivity contribution in [2.45, 2.75) is 0 Å². The van der Waals surface area contributed by atoms with Gasteiger partial charge in [-0.05, 0) is 6.54 Å². The van der Waals surface area contributed by atoms with Gasteiger partial charge >= 0.3 is 29.6 Å². The van der Waals surface area contributed by atoms with Gasteiger partial charge in [-0.1, -0.05) is 0 Å². The maximum atomic E-state index is 4.93. The summed E-state index contributed by atoms with van der Waals surface area (Å²) in [5.41, 5.74) is 4.93. The Kier molecular flexibility index (Phi) is 10.8. The van der Waals surface area contributed by atoms with Crippen molar-refractivity contribution < 1.29 is 29.6 Å². The van der Waals surface area contributed by atoms with Crippen LogP contribution in [-0.2, 0) is 12.6 Å². The van der Waals surface area contributed by atoms with E-state index in [1.807, 2.05) is 0 Å². The molecule has 0 amide bonds. The monoisotopic (exact) mass is 129 g/mol. The summed E-state index contributed by atoms with van der Waals surface area (Å²) in [6.07, 6.45) is 0. The van der Waals surface area contributed by atoms with Gasteiger partial charge in [0.25, 0.3) is 0 Å². The van der Waals surface area contributed by atoms with Gasteiger partial charge in [-0.15, -0.1) is 4.20 Å². The molecule has 2 N–H and O–H groups in total. The SMILES string of the molecule is NCC(=S)[S-].[Na+]. The molecule has 0 aromatic carbocycles. The fourth-order valence-corrected chi connectivity index (χ4v) is 0. The maximum absolute atomic E-state index is 4.93. The largest absolute Gasteiger partial charge is 1.00 e. The fourth-order valence-electron chi connectivity index (χ4n) is 0. The second-order valence-electron chi connectivity index (χ2n) is 0.576. The van der Waals surface area contributed by atoms with Gasteiger partial charge in [-0.25, -0.2) is 0 Å². The van der Waals surface area contributed by atoms with E-state index >= 15 is 0 Å². The number of thiocarbonyl (C=S) groups is 1. The Morgan fingerprint density at radius 3 is 2.00 bits per heavy atom. The molecule has 0 aliphatic heterocycles. The predicted molar refractivity (Wildman–Crippen MR) is 29.0 cm³/mol. The molecule has 0 aromatic rings. The maximum Gasteiger partial charge on any atom is 1.00 e. The topological polar surface area (TPSA) is 26.0 Å². The first-order chi connectivity index (χ1) is 2.27. The standard InChI is InChI=1S/C2H5NS2.Na/c3-1-2(4)5;/h1,3H2,(H,4,5);/q;+1/p-1. The zero-order chi connectivity index (χ0) is 4.28. The van der Waals surface area contributed by atoms with Crippen LogP contribution in [0.5, 0.6) is 0 Å². The van der Waals surface area contributed by atoms with Gasteiger partial charge < -0.3 is 30.6 Å². The molecule has 0 atom stereocenters. The molecule has 0 fully saturated rings. The summed E-state index contributed by atoms with van der Waals surface area (Å²) in [5, 5.41) is 0. The van der Waals surface area contributed by atoms with Crippen LogP contribution in [-0.4, -0.2) is 10.7 Å². The van der Waals surface area contributed by atoms with Crippen molar-refractivity contribution in [1.29, 1.82) is 0 Å². The molecule has 0 aliphatic carbocycles. The fraction of sp³-hybridized carbons (Fsp3) is 0.500. The van der Waals surface area contributed by atoms with E-state index in [1.165, 1.54) is 0 Å². The van der Waals surface area contributed by atoms with Crippen molar-refractivity contribution in [3.63, 3.8) is 0 Å². The average Bonchev–Trinajstić information content (AvgIpc) is 1.38. The number of rotatable bonds is 1. The first kappa shape index (κ1) is 10.3. The van der Waals surface area contributed by atoms with Crippen molar-refractivity contribution in [3.8, 4) is 0 Å². The third-order valence-electron chi connectivity index (χ3n) is 0.167. The van der Waals surface area contributed by atoms with E-state index in [9.17, 15) is 0 Å². The van der Waals surface area contributed by atoms with Crippen molar-refractivity contribution in [2.75, 3.05) is 6.54 Å². The Hall–Kier alpha value is 1.27. The Labute approximate surface area is 70.4 Å². The van der Waals surface area contributed by atoms with Crippen molar-refractivity contribution in [1.82, 2.24) is 0 Å². The van der Waals surface area contributed by atoms with Crippen LogP contribution in [0.3, 0.4) is 0 Å². The van der Waals surface area contributed by atoms with E-state index in [1.54, 1.807) is 0 Å². The minimum Gasteiger partial charge on any atom is -0.432 e. The average molecular weight is 129 g/mol. The molecule has 0 bridgehead atoms. The molecule has 0 aromatic heterocycles. The predicted octanol–water partition coefficient (Wildman–Crippen LogP) is -3.18. The molecule has 0 rings (SSSR count). The first-order valence-corrected chi connectivity index (χ1v) is 1.99. The number of nitrogens with two attached hydrogens (primary N) is 1. The van der Waals surface area contributed by atoms with Crippen LogP contribution in [0, 0.1) is 0 Å². The van der Waals surface area contributed by atoms with Gasteiger partial charge in [-0.2, -0.15) is 0 Å². The molecular weight excluding hydrogens is 125 g/mol. The Bertz CT molecular complexity index is 46.8. The summed E-state index contributed by atoms with van der Waals surface area (Å²) < 4.78 is 0.449. The minimum absolute atomic E-state index is 0. The second kappa shape index (κ2) is 6.27. The zero-order valence-electron chi connectivity index (χ0n) is 3.60. The van der Waals surface area contributed by atoms with Crippen molar-refractivity contribution >= 4 is 29.0 Å². The van der Waals surface area contributed by atoms with Crippen LogP contribution in [0.15, 0.2) is 0 Å². The molecule has 0 spiro atoms. The molecule has 0 heterocycles. The van der Waals surface area contributed by atoms with Gasteiger partial charge in [0.05, 0.1) is 0 Å². The molecule has 6 heavy (non-hydrogen) atoms. The van der Waals surface area contributed by atoms with Gasteiger partial charge in [-0.3, -0.25) is 0 Å². The zero-order valence-corrected chi connectivity index (χ0v) is 7.23. The van der Waals surface area contributed by atoms with E-state index in [4.69, 9.17) is 5.73 Å². The van der Waals surface area contributed by atoms with Crippen LogP contribution < -0.4 is 35.3 Å². The third-order valence-corrected chi connectivity index (χ3v) is 0.500. The molecule has 30 valence electrons. The quantitative estimate of drug-likeness (QED) is 0.230. The summed E-state index contributed by atoms with van der Waals surface area (Å²) in [4.78, 5) is 0. The smallest absolute Gasteiger partial charge is 0.432 e. The van der Waals surface area contributed by atoms with Crippen molar-refractivity contribution in [2.24, 2.45) is 5.73 Å². The number of hydrogen-bond donors (Lipinski definition) is 1. The molecule has 0 radical (unpaired) electrons.